The van der Waals surface area contributed by atoms with Gasteiger partial charge in [-0.05, 0) is 38.3 Å². The van der Waals surface area contributed by atoms with Gasteiger partial charge in [-0.3, -0.25) is 0 Å². The van der Waals surface area contributed by atoms with Crippen molar-refractivity contribution < 1.29 is 13.5 Å². The summed E-state index contributed by atoms with van der Waals surface area (Å²) in [5.74, 6) is 0. The Morgan fingerprint density at radius 3 is 2.18 bits per heavy atom. The molecule has 0 saturated carbocycles. The Morgan fingerprint density at radius 2 is 1.71 bits per heavy atom. The average Bonchev–Trinajstić information content (AvgIpc) is 2.15. The minimum absolute atomic E-state index is 0.0195. The molecule has 0 saturated heterocycles. The third kappa shape index (κ3) is 3.52. The summed E-state index contributed by atoms with van der Waals surface area (Å²) in [6, 6.07) is 3.71. The molecule has 1 rings (SSSR count). The van der Waals surface area contributed by atoms with Gasteiger partial charge in [0.25, 0.3) is 0 Å². The highest BCUT2D eigenvalue weighted by Crippen LogP contribution is 2.21. The number of benzene rings is 1. The van der Waals surface area contributed by atoms with Crippen LogP contribution in [0.3, 0.4) is 0 Å². The molecule has 0 aromatic heterocycles. The molecule has 0 amide bonds. The fourth-order valence-corrected chi connectivity index (χ4v) is 3.47. The molecule has 0 spiro atoms. The van der Waals surface area contributed by atoms with Gasteiger partial charge in [0.05, 0.1) is 4.90 Å². The van der Waals surface area contributed by atoms with Gasteiger partial charge in [-0.15, -0.1) is 0 Å². The van der Waals surface area contributed by atoms with Crippen molar-refractivity contribution in [2.45, 2.75) is 32.1 Å². The highest BCUT2D eigenvalue weighted by Gasteiger charge is 2.18. The molecule has 1 aromatic carbocycles. The molecule has 0 unspecified atom stereocenters. The summed E-state index contributed by atoms with van der Waals surface area (Å²) in [6.07, 6.45) is 0.420. The predicted molar refractivity (Wildman–Crippen MR) is 67.5 cm³/mol. The number of nitrogens with one attached hydrogen (secondary N) is 1. The van der Waals surface area contributed by atoms with Crippen LogP contribution in [0.4, 0.5) is 0 Å². The van der Waals surface area contributed by atoms with Crippen LogP contribution in [0.15, 0.2) is 17.0 Å². The van der Waals surface area contributed by atoms with Crippen molar-refractivity contribution >= 4 is 10.0 Å². The number of sulfonamides is 1. The summed E-state index contributed by atoms with van der Waals surface area (Å²) in [4.78, 5) is 0.348. The summed E-state index contributed by atoms with van der Waals surface area (Å²) >= 11 is 0. The van der Waals surface area contributed by atoms with E-state index in [1.165, 1.54) is 0 Å². The molecule has 0 aliphatic heterocycles. The zero-order valence-electron chi connectivity index (χ0n) is 10.4. The quantitative estimate of drug-likeness (QED) is 0.781. The van der Waals surface area contributed by atoms with E-state index in [1.807, 2.05) is 19.1 Å². The fraction of sp³-hybridized carbons (Fsp3) is 0.500. The van der Waals surface area contributed by atoms with E-state index >= 15 is 0 Å². The Bertz CT molecular complexity index is 471. The summed E-state index contributed by atoms with van der Waals surface area (Å²) in [5, 5.41) is 8.64. The van der Waals surface area contributed by atoms with Crippen LogP contribution < -0.4 is 4.72 Å². The Hall–Kier alpha value is -0.910. The van der Waals surface area contributed by atoms with Gasteiger partial charge in [-0.1, -0.05) is 17.7 Å². The Balaban J connectivity index is 3.07. The lowest BCUT2D eigenvalue weighted by Gasteiger charge is -2.12. The molecule has 0 aliphatic carbocycles. The van der Waals surface area contributed by atoms with Gasteiger partial charge in [0.1, 0.15) is 0 Å². The maximum absolute atomic E-state index is 12.1. The van der Waals surface area contributed by atoms with Crippen molar-refractivity contribution in [3.05, 3.63) is 28.8 Å². The van der Waals surface area contributed by atoms with E-state index < -0.39 is 10.0 Å². The SMILES string of the molecule is Cc1cc(C)c(S(=O)(=O)NCCCO)c(C)c1. The first kappa shape index (κ1) is 14.2. The van der Waals surface area contributed by atoms with Crippen LogP contribution in [0.2, 0.25) is 0 Å². The number of aliphatic hydroxyl groups excluding tert-OH is 1. The van der Waals surface area contributed by atoms with Gasteiger partial charge in [0, 0.05) is 13.2 Å². The fourth-order valence-electron chi connectivity index (χ4n) is 1.95. The topological polar surface area (TPSA) is 66.4 Å². The van der Waals surface area contributed by atoms with Crippen LogP contribution in [0.5, 0.6) is 0 Å². The molecule has 5 heteroatoms. The minimum atomic E-state index is -3.47. The second-order valence-corrected chi connectivity index (χ2v) is 5.91. The van der Waals surface area contributed by atoms with Gasteiger partial charge < -0.3 is 5.11 Å². The zero-order valence-corrected chi connectivity index (χ0v) is 11.3. The monoisotopic (exact) mass is 257 g/mol. The van der Waals surface area contributed by atoms with E-state index in [-0.39, 0.29) is 13.2 Å². The lowest BCUT2D eigenvalue weighted by atomic mass is 10.1. The summed E-state index contributed by atoms with van der Waals surface area (Å²) in [5.41, 5.74) is 2.55. The van der Waals surface area contributed by atoms with Gasteiger partial charge in [0.15, 0.2) is 0 Å². The first-order valence-corrected chi connectivity index (χ1v) is 7.05. The van der Waals surface area contributed by atoms with Crippen molar-refractivity contribution in [2.24, 2.45) is 0 Å². The molecule has 0 radical (unpaired) electrons. The van der Waals surface area contributed by atoms with Gasteiger partial charge in [0.2, 0.25) is 10.0 Å². The van der Waals surface area contributed by atoms with E-state index in [0.717, 1.165) is 16.7 Å². The number of hydrogen-bond acceptors (Lipinski definition) is 3. The van der Waals surface area contributed by atoms with Crippen molar-refractivity contribution in [2.75, 3.05) is 13.2 Å². The van der Waals surface area contributed by atoms with Crippen molar-refractivity contribution in [1.29, 1.82) is 0 Å². The van der Waals surface area contributed by atoms with Crippen LogP contribution in [-0.4, -0.2) is 26.7 Å². The molecule has 0 aliphatic rings. The summed E-state index contributed by atoms with van der Waals surface area (Å²) in [7, 11) is -3.47. The maximum atomic E-state index is 12.1. The Labute approximate surface area is 103 Å². The lowest BCUT2D eigenvalue weighted by Crippen LogP contribution is -2.26. The third-order valence-corrected chi connectivity index (χ3v) is 4.27. The van der Waals surface area contributed by atoms with Crippen LogP contribution >= 0.6 is 0 Å². The first-order chi connectivity index (χ1) is 7.88. The Morgan fingerprint density at radius 1 is 1.18 bits per heavy atom. The highest BCUT2D eigenvalue weighted by molar-refractivity contribution is 7.89. The van der Waals surface area contributed by atoms with Crippen LogP contribution in [0.25, 0.3) is 0 Å². The number of aliphatic hydroxyl groups is 1. The van der Waals surface area contributed by atoms with Crippen molar-refractivity contribution in [1.82, 2.24) is 4.72 Å². The first-order valence-electron chi connectivity index (χ1n) is 5.57. The number of aryl methyl sites for hydroxylation is 3. The largest absolute Gasteiger partial charge is 0.396 e. The zero-order chi connectivity index (χ0) is 13.1. The van der Waals surface area contributed by atoms with Crippen LogP contribution in [0, 0.1) is 20.8 Å². The van der Waals surface area contributed by atoms with Crippen LogP contribution in [-0.2, 0) is 10.0 Å². The van der Waals surface area contributed by atoms with E-state index in [0.29, 0.717) is 11.3 Å². The molecule has 17 heavy (non-hydrogen) atoms. The number of hydrogen-bond donors (Lipinski definition) is 2. The smallest absolute Gasteiger partial charge is 0.241 e. The molecule has 0 fully saturated rings. The van der Waals surface area contributed by atoms with Gasteiger partial charge >= 0.3 is 0 Å². The molecular weight excluding hydrogens is 238 g/mol. The highest BCUT2D eigenvalue weighted by atomic mass is 32.2. The van der Waals surface area contributed by atoms with E-state index in [1.54, 1.807) is 13.8 Å². The molecule has 0 heterocycles. The van der Waals surface area contributed by atoms with E-state index in [4.69, 9.17) is 5.11 Å². The second kappa shape index (κ2) is 5.62. The standard InChI is InChI=1S/C12H19NO3S/c1-9-7-10(2)12(11(3)8-9)17(15,16)13-5-4-6-14/h7-8,13-14H,4-6H2,1-3H3. The normalized spacial score (nSPS) is 11.8. The van der Waals surface area contributed by atoms with Gasteiger partial charge in [-0.25, -0.2) is 13.1 Å². The molecule has 0 bridgehead atoms. The number of rotatable bonds is 5. The Kier molecular flexibility index (Phi) is 4.68. The molecule has 0 atom stereocenters. The molecule has 4 nitrogen and oxygen atoms in total. The second-order valence-electron chi connectivity index (χ2n) is 4.20. The molecule has 96 valence electrons. The van der Waals surface area contributed by atoms with E-state index in [9.17, 15) is 8.42 Å². The maximum Gasteiger partial charge on any atom is 0.241 e. The third-order valence-electron chi connectivity index (χ3n) is 2.50. The van der Waals surface area contributed by atoms with Crippen molar-refractivity contribution in [3.8, 4) is 0 Å². The minimum Gasteiger partial charge on any atom is -0.396 e. The van der Waals surface area contributed by atoms with E-state index in [2.05, 4.69) is 4.72 Å². The molecule has 1 aromatic rings. The average molecular weight is 257 g/mol. The molecular formula is C12H19NO3S. The lowest BCUT2D eigenvalue weighted by molar-refractivity contribution is 0.289. The van der Waals surface area contributed by atoms with Crippen LogP contribution in [0.1, 0.15) is 23.1 Å². The van der Waals surface area contributed by atoms with Crippen molar-refractivity contribution in [3.63, 3.8) is 0 Å². The molecule has 2 N–H and O–H groups in total. The van der Waals surface area contributed by atoms with Gasteiger partial charge in [-0.2, -0.15) is 0 Å². The summed E-state index contributed by atoms with van der Waals surface area (Å²) < 4.78 is 26.6. The summed E-state index contributed by atoms with van der Waals surface area (Å²) in [6.45, 7) is 5.76. The predicted octanol–water partition coefficient (Wildman–Crippen LogP) is 1.27.